The predicted molar refractivity (Wildman–Crippen MR) is 67.7 cm³/mol. The summed E-state index contributed by atoms with van der Waals surface area (Å²) in [6.45, 7) is 5.46. The smallest absolute Gasteiger partial charge is 0.161 e. The third-order valence-corrected chi connectivity index (χ3v) is 2.41. The Bertz CT molecular complexity index is 341. The molecule has 0 fully saturated rings. The average molecular weight is 239 g/mol. The van der Waals surface area contributed by atoms with Crippen LogP contribution in [0.1, 0.15) is 12.5 Å². The maximum atomic E-state index is 5.66. The average Bonchev–Trinajstić information content (AvgIpc) is 2.35. The summed E-state index contributed by atoms with van der Waals surface area (Å²) in [5.74, 6) is 1.45. The van der Waals surface area contributed by atoms with Gasteiger partial charge in [0.2, 0.25) is 0 Å². The molecule has 96 valence electrons. The van der Waals surface area contributed by atoms with E-state index in [1.54, 1.807) is 7.11 Å². The molecule has 4 nitrogen and oxygen atoms in total. The fraction of sp³-hybridized carbons (Fsp3) is 0.538. The maximum absolute atomic E-state index is 5.66. The number of benzene rings is 1. The second-order valence-corrected chi connectivity index (χ2v) is 3.78. The summed E-state index contributed by atoms with van der Waals surface area (Å²) in [6.07, 6.45) is -0.0778. The zero-order valence-corrected chi connectivity index (χ0v) is 10.7. The molecular weight excluding hydrogens is 218 g/mol. The molecular formula is C13H21NO3. The van der Waals surface area contributed by atoms with Gasteiger partial charge in [-0.25, -0.2) is 0 Å². The first-order chi connectivity index (χ1) is 8.21. The van der Waals surface area contributed by atoms with Crippen molar-refractivity contribution in [2.45, 2.75) is 20.0 Å². The SMILES string of the molecule is CCOC(CN)COc1ccc(C)cc1OC. The molecule has 1 unspecified atom stereocenters. The molecule has 0 aromatic heterocycles. The maximum Gasteiger partial charge on any atom is 0.161 e. The lowest BCUT2D eigenvalue weighted by Gasteiger charge is -2.17. The first kappa shape index (κ1) is 13.8. The first-order valence-electron chi connectivity index (χ1n) is 5.80. The second kappa shape index (κ2) is 7.14. The summed E-state index contributed by atoms with van der Waals surface area (Å²) in [6, 6.07) is 5.82. The van der Waals surface area contributed by atoms with Gasteiger partial charge in [0, 0.05) is 13.2 Å². The van der Waals surface area contributed by atoms with Crippen molar-refractivity contribution in [3.8, 4) is 11.5 Å². The second-order valence-electron chi connectivity index (χ2n) is 3.78. The van der Waals surface area contributed by atoms with E-state index in [0.717, 1.165) is 17.1 Å². The summed E-state index contributed by atoms with van der Waals surface area (Å²) in [7, 11) is 1.63. The monoisotopic (exact) mass is 239 g/mol. The highest BCUT2D eigenvalue weighted by Crippen LogP contribution is 2.27. The Kier molecular flexibility index (Phi) is 5.80. The number of hydrogen-bond acceptors (Lipinski definition) is 4. The van der Waals surface area contributed by atoms with Gasteiger partial charge in [-0.2, -0.15) is 0 Å². The fourth-order valence-electron chi connectivity index (χ4n) is 1.50. The molecule has 2 N–H and O–H groups in total. The Hall–Kier alpha value is -1.26. The fourth-order valence-corrected chi connectivity index (χ4v) is 1.50. The quantitative estimate of drug-likeness (QED) is 0.787. The van der Waals surface area contributed by atoms with Crippen LogP contribution in [0.3, 0.4) is 0 Å². The molecule has 0 amide bonds. The largest absolute Gasteiger partial charge is 0.493 e. The molecule has 0 bridgehead atoms. The molecule has 0 saturated carbocycles. The van der Waals surface area contributed by atoms with E-state index in [2.05, 4.69) is 0 Å². The van der Waals surface area contributed by atoms with E-state index < -0.39 is 0 Å². The molecule has 0 aliphatic heterocycles. The number of nitrogens with two attached hydrogens (primary N) is 1. The van der Waals surface area contributed by atoms with Gasteiger partial charge in [0.25, 0.3) is 0 Å². The minimum Gasteiger partial charge on any atom is -0.493 e. The minimum absolute atomic E-state index is 0.0778. The molecule has 1 rings (SSSR count). The van der Waals surface area contributed by atoms with Crippen molar-refractivity contribution in [3.05, 3.63) is 23.8 Å². The van der Waals surface area contributed by atoms with Crippen molar-refractivity contribution in [2.24, 2.45) is 5.73 Å². The van der Waals surface area contributed by atoms with E-state index in [9.17, 15) is 0 Å². The Morgan fingerprint density at radius 3 is 2.65 bits per heavy atom. The number of rotatable bonds is 7. The van der Waals surface area contributed by atoms with Crippen molar-refractivity contribution in [1.29, 1.82) is 0 Å². The van der Waals surface area contributed by atoms with Gasteiger partial charge in [-0.3, -0.25) is 0 Å². The molecule has 4 heteroatoms. The lowest BCUT2D eigenvalue weighted by molar-refractivity contribution is 0.0330. The molecule has 0 aliphatic rings. The van der Waals surface area contributed by atoms with Crippen LogP contribution in [0.4, 0.5) is 0 Å². The highest BCUT2D eigenvalue weighted by Gasteiger charge is 2.09. The third kappa shape index (κ3) is 4.24. The Morgan fingerprint density at radius 1 is 1.29 bits per heavy atom. The van der Waals surface area contributed by atoms with Gasteiger partial charge < -0.3 is 19.9 Å². The Morgan fingerprint density at radius 2 is 2.06 bits per heavy atom. The van der Waals surface area contributed by atoms with Gasteiger partial charge in [-0.1, -0.05) is 6.07 Å². The lowest BCUT2D eigenvalue weighted by Crippen LogP contribution is -2.30. The summed E-state index contributed by atoms with van der Waals surface area (Å²) < 4.78 is 16.3. The molecule has 0 spiro atoms. The van der Waals surface area contributed by atoms with Crippen molar-refractivity contribution < 1.29 is 14.2 Å². The van der Waals surface area contributed by atoms with Crippen LogP contribution in [0.2, 0.25) is 0 Å². The van der Waals surface area contributed by atoms with Gasteiger partial charge in [0.1, 0.15) is 12.7 Å². The van der Waals surface area contributed by atoms with E-state index in [-0.39, 0.29) is 6.10 Å². The lowest BCUT2D eigenvalue weighted by atomic mass is 10.2. The van der Waals surface area contributed by atoms with Crippen molar-refractivity contribution in [2.75, 3.05) is 26.9 Å². The summed E-state index contributed by atoms with van der Waals surface area (Å²) >= 11 is 0. The predicted octanol–water partition coefficient (Wildman–Crippen LogP) is 1.75. The standard InChI is InChI=1S/C13H21NO3/c1-4-16-11(8-14)9-17-12-6-5-10(2)7-13(12)15-3/h5-7,11H,4,8-9,14H2,1-3H3. The van der Waals surface area contributed by atoms with Crippen LogP contribution in [0.25, 0.3) is 0 Å². The van der Waals surface area contributed by atoms with Crippen LogP contribution < -0.4 is 15.2 Å². The Labute approximate surface area is 103 Å². The van der Waals surface area contributed by atoms with Crippen molar-refractivity contribution >= 4 is 0 Å². The molecule has 1 atom stereocenters. The van der Waals surface area contributed by atoms with E-state index in [1.807, 2.05) is 32.0 Å². The summed E-state index contributed by atoms with van der Waals surface area (Å²) in [5, 5.41) is 0. The van der Waals surface area contributed by atoms with Crippen LogP contribution >= 0.6 is 0 Å². The number of hydrogen-bond donors (Lipinski definition) is 1. The third-order valence-electron chi connectivity index (χ3n) is 2.41. The molecule has 1 aromatic rings. The number of ether oxygens (including phenoxy) is 3. The Balaban J connectivity index is 2.61. The van der Waals surface area contributed by atoms with Crippen LogP contribution in [-0.4, -0.2) is 33.0 Å². The van der Waals surface area contributed by atoms with Crippen LogP contribution in [-0.2, 0) is 4.74 Å². The van der Waals surface area contributed by atoms with Gasteiger partial charge >= 0.3 is 0 Å². The molecule has 17 heavy (non-hydrogen) atoms. The van der Waals surface area contributed by atoms with Gasteiger partial charge in [-0.05, 0) is 31.5 Å². The molecule has 0 radical (unpaired) electrons. The van der Waals surface area contributed by atoms with E-state index >= 15 is 0 Å². The van der Waals surface area contributed by atoms with Crippen LogP contribution in [0.15, 0.2) is 18.2 Å². The zero-order valence-electron chi connectivity index (χ0n) is 10.7. The normalized spacial score (nSPS) is 12.2. The number of aryl methyl sites for hydroxylation is 1. The molecule has 0 aliphatic carbocycles. The summed E-state index contributed by atoms with van der Waals surface area (Å²) in [5.41, 5.74) is 6.72. The molecule has 1 aromatic carbocycles. The van der Waals surface area contributed by atoms with Gasteiger partial charge in [0.15, 0.2) is 11.5 Å². The minimum atomic E-state index is -0.0778. The van der Waals surface area contributed by atoms with Crippen LogP contribution in [0.5, 0.6) is 11.5 Å². The van der Waals surface area contributed by atoms with Gasteiger partial charge in [0.05, 0.1) is 7.11 Å². The summed E-state index contributed by atoms with van der Waals surface area (Å²) in [4.78, 5) is 0. The number of methoxy groups -OCH3 is 1. The van der Waals surface area contributed by atoms with Crippen molar-refractivity contribution in [1.82, 2.24) is 0 Å². The molecule has 0 heterocycles. The zero-order chi connectivity index (χ0) is 12.7. The van der Waals surface area contributed by atoms with E-state index in [4.69, 9.17) is 19.9 Å². The first-order valence-corrected chi connectivity index (χ1v) is 5.80. The van der Waals surface area contributed by atoms with Gasteiger partial charge in [-0.15, -0.1) is 0 Å². The highest BCUT2D eigenvalue weighted by atomic mass is 16.5. The topological polar surface area (TPSA) is 53.7 Å². The van der Waals surface area contributed by atoms with E-state index in [0.29, 0.717) is 19.8 Å². The highest BCUT2D eigenvalue weighted by molar-refractivity contribution is 5.42. The van der Waals surface area contributed by atoms with E-state index in [1.165, 1.54) is 0 Å². The molecule has 0 saturated heterocycles. The van der Waals surface area contributed by atoms with Crippen molar-refractivity contribution in [3.63, 3.8) is 0 Å². The van der Waals surface area contributed by atoms with Crippen LogP contribution in [0, 0.1) is 6.92 Å².